The van der Waals surface area contributed by atoms with Gasteiger partial charge in [0, 0.05) is 12.6 Å². The Labute approximate surface area is 111 Å². The molecule has 0 aromatic rings. The Morgan fingerprint density at radius 2 is 2.05 bits per heavy atom. The summed E-state index contributed by atoms with van der Waals surface area (Å²) in [6.07, 6.45) is -2.51. The summed E-state index contributed by atoms with van der Waals surface area (Å²) in [6, 6.07) is -1.70. The molecule has 0 spiro atoms. The van der Waals surface area contributed by atoms with Gasteiger partial charge in [-0.3, -0.25) is 4.90 Å². The molecule has 2 aliphatic rings. The van der Waals surface area contributed by atoms with Gasteiger partial charge in [0.15, 0.2) is 0 Å². The summed E-state index contributed by atoms with van der Waals surface area (Å²) < 4.78 is 45.3. The molecule has 0 bridgehead atoms. The van der Waals surface area contributed by atoms with Gasteiger partial charge >= 0.3 is 6.18 Å². The molecule has 2 aliphatic heterocycles. The first-order valence-corrected chi connectivity index (χ1v) is 7.01. The average Bonchev–Trinajstić information content (AvgIpc) is 2.89. The van der Waals surface area contributed by atoms with Crippen molar-refractivity contribution in [3.63, 3.8) is 0 Å². The molecular weight excluding hydrogens is 259 g/mol. The van der Waals surface area contributed by atoms with Gasteiger partial charge in [-0.1, -0.05) is 0 Å². The lowest BCUT2D eigenvalue weighted by Crippen LogP contribution is -2.54. The summed E-state index contributed by atoms with van der Waals surface area (Å²) in [5.74, 6) is 0. The van der Waals surface area contributed by atoms with Gasteiger partial charge in [0.25, 0.3) is 0 Å². The van der Waals surface area contributed by atoms with Crippen LogP contribution in [-0.4, -0.2) is 53.6 Å². The van der Waals surface area contributed by atoms with E-state index in [-0.39, 0.29) is 6.04 Å². The van der Waals surface area contributed by atoms with Gasteiger partial charge in [-0.05, 0) is 45.6 Å². The van der Waals surface area contributed by atoms with Crippen LogP contribution in [0.4, 0.5) is 13.2 Å². The third-order valence-corrected chi connectivity index (χ3v) is 4.05. The molecule has 112 valence electrons. The van der Waals surface area contributed by atoms with E-state index in [0.29, 0.717) is 32.4 Å². The molecule has 0 aromatic heterocycles. The van der Waals surface area contributed by atoms with Gasteiger partial charge in [0.05, 0.1) is 12.2 Å². The van der Waals surface area contributed by atoms with E-state index in [1.54, 1.807) is 6.92 Å². The van der Waals surface area contributed by atoms with Gasteiger partial charge in [0.1, 0.15) is 6.04 Å². The Morgan fingerprint density at radius 1 is 1.32 bits per heavy atom. The van der Waals surface area contributed by atoms with Crippen molar-refractivity contribution < 1.29 is 23.0 Å². The summed E-state index contributed by atoms with van der Waals surface area (Å²) in [6.45, 7) is 2.50. The average molecular weight is 281 g/mol. The van der Waals surface area contributed by atoms with Crippen molar-refractivity contribution in [1.82, 2.24) is 4.90 Å². The van der Waals surface area contributed by atoms with Crippen LogP contribution in [0.25, 0.3) is 0 Å². The number of nitrogens with zero attached hydrogens (tertiary/aromatic N) is 1. The van der Waals surface area contributed by atoms with Crippen molar-refractivity contribution >= 4 is 0 Å². The minimum Gasteiger partial charge on any atom is -0.393 e. The van der Waals surface area contributed by atoms with Crippen molar-refractivity contribution in [2.45, 2.75) is 69.5 Å². The zero-order valence-electron chi connectivity index (χ0n) is 11.2. The Morgan fingerprint density at radius 3 is 2.58 bits per heavy atom. The summed E-state index contributed by atoms with van der Waals surface area (Å²) in [4.78, 5) is 1.52. The second-order valence-electron chi connectivity index (χ2n) is 5.66. The fraction of sp³-hybridized carbons (Fsp3) is 1.00. The van der Waals surface area contributed by atoms with Crippen LogP contribution in [-0.2, 0) is 4.74 Å². The monoisotopic (exact) mass is 281 g/mol. The second kappa shape index (κ2) is 5.97. The standard InChI is InChI=1S/C13H22F3NO2/c1-9(18)8-10-4-2-6-17(10)12(13(14,15)16)11-5-3-7-19-11/h9-12,18H,2-8H2,1H3. The smallest absolute Gasteiger partial charge is 0.393 e. The van der Waals surface area contributed by atoms with E-state index < -0.39 is 24.4 Å². The van der Waals surface area contributed by atoms with Crippen LogP contribution in [0, 0.1) is 0 Å². The fourth-order valence-corrected chi connectivity index (χ4v) is 3.34. The molecule has 2 fully saturated rings. The predicted octanol–water partition coefficient (Wildman–Crippen LogP) is 2.33. The maximum atomic E-state index is 13.4. The number of alkyl halides is 3. The van der Waals surface area contributed by atoms with Gasteiger partial charge in [-0.25, -0.2) is 0 Å². The normalized spacial score (nSPS) is 32.7. The van der Waals surface area contributed by atoms with Crippen LogP contribution < -0.4 is 0 Å². The Hall–Kier alpha value is -0.330. The molecule has 0 amide bonds. The molecule has 2 heterocycles. The van der Waals surface area contributed by atoms with Crippen LogP contribution in [0.5, 0.6) is 0 Å². The predicted molar refractivity (Wildman–Crippen MR) is 64.8 cm³/mol. The second-order valence-corrected chi connectivity index (χ2v) is 5.66. The molecule has 2 saturated heterocycles. The highest BCUT2D eigenvalue weighted by molar-refractivity contribution is 4.94. The van der Waals surface area contributed by atoms with E-state index in [4.69, 9.17) is 4.74 Å². The van der Waals surface area contributed by atoms with Crippen molar-refractivity contribution in [3.05, 3.63) is 0 Å². The highest BCUT2D eigenvalue weighted by Crippen LogP contribution is 2.37. The van der Waals surface area contributed by atoms with Crippen molar-refractivity contribution in [2.24, 2.45) is 0 Å². The summed E-state index contributed by atoms with van der Waals surface area (Å²) in [5, 5.41) is 9.44. The molecule has 0 aliphatic carbocycles. The first-order chi connectivity index (χ1) is 8.89. The fourth-order valence-electron chi connectivity index (χ4n) is 3.34. The van der Waals surface area contributed by atoms with Crippen LogP contribution in [0.15, 0.2) is 0 Å². The maximum Gasteiger partial charge on any atom is 0.406 e. The molecule has 2 rings (SSSR count). The molecule has 0 aromatic carbocycles. The van der Waals surface area contributed by atoms with E-state index in [2.05, 4.69) is 0 Å². The first kappa shape index (κ1) is 15.1. The van der Waals surface area contributed by atoms with Crippen LogP contribution in [0.1, 0.15) is 39.0 Å². The largest absolute Gasteiger partial charge is 0.406 e. The van der Waals surface area contributed by atoms with Gasteiger partial charge in [0.2, 0.25) is 0 Å². The lowest BCUT2D eigenvalue weighted by Gasteiger charge is -2.37. The first-order valence-electron chi connectivity index (χ1n) is 7.01. The van der Waals surface area contributed by atoms with E-state index in [9.17, 15) is 18.3 Å². The van der Waals surface area contributed by atoms with E-state index in [1.807, 2.05) is 0 Å². The highest BCUT2D eigenvalue weighted by Gasteiger charge is 2.52. The molecule has 1 N–H and O–H groups in total. The molecule has 3 nitrogen and oxygen atoms in total. The topological polar surface area (TPSA) is 32.7 Å². The van der Waals surface area contributed by atoms with Crippen LogP contribution in [0.2, 0.25) is 0 Å². The van der Waals surface area contributed by atoms with Crippen molar-refractivity contribution in [3.8, 4) is 0 Å². The Kier molecular flexibility index (Phi) is 4.74. The lowest BCUT2D eigenvalue weighted by atomic mass is 10.0. The maximum absolute atomic E-state index is 13.4. The number of hydrogen-bond donors (Lipinski definition) is 1. The van der Waals surface area contributed by atoms with Gasteiger partial charge < -0.3 is 9.84 Å². The molecule has 0 radical (unpaired) electrons. The molecule has 19 heavy (non-hydrogen) atoms. The van der Waals surface area contributed by atoms with E-state index >= 15 is 0 Å². The highest BCUT2D eigenvalue weighted by atomic mass is 19.4. The SMILES string of the molecule is CC(O)CC1CCCN1C(C1CCCO1)C(F)(F)F. The number of rotatable bonds is 4. The summed E-state index contributed by atoms with van der Waals surface area (Å²) in [5.41, 5.74) is 0. The third kappa shape index (κ3) is 3.61. The number of hydrogen-bond acceptors (Lipinski definition) is 3. The van der Waals surface area contributed by atoms with Crippen molar-refractivity contribution in [1.29, 1.82) is 0 Å². The lowest BCUT2D eigenvalue weighted by molar-refractivity contribution is -0.212. The zero-order chi connectivity index (χ0) is 14.0. The van der Waals surface area contributed by atoms with Crippen LogP contribution >= 0.6 is 0 Å². The van der Waals surface area contributed by atoms with Crippen LogP contribution in [0.3, 0.4) is 0 Å². The zero-order valence-corrected chi connectivity index (χ0v) is 11.2. The minimum atomic E-state index is -4.27. The molecule has 0 saturated carbocycles. The molecular formula is C13H22F3NO2. The summed E-state index contributed by atoms with van der Waals surface area (Å²) in [7, 11) is 0. The molecule has 4 unspecified atom stereocenters. The van der Waals surface area contributed by atoms with Gasteiger partial charge in [-0.15, -0.1) is 0 Å². The summed E-state index contributed by atoms with van der Waals surface area (Å²) >= 11 is 0. The van der Waals surface area contributed by atoms with E-state index in [1.165, 1.54) is 4.90 Å². The van der Waals surface area contributed by atoms with Crippen molar-refractivity contribution in [2.75, 3.05) is 13.2 Å². The number of halogens is 3. The van der Waals surface area contributed by atoms with Gasteiger partial charge in [-0.2, -0.15) is 13.2 Å². The minimum absolute atomic E-state index is 0.184. The number of aliphatic hydroxyl groups is 1. The Balaban J connectivity index is 2.12. The number of ether oxygens (including phenoxy) is 1. The Bertz CT molecular complexity index is 290. The third-order valence-electron chi connectivity index (χ3n) is 4.05. The molecule has 4 atom stereocenters. The quantitative estimate of drug-likeness (QED) is 0.858. The van der Waals surface area contributed by atoms with E-state index in [0.717, 1.165) is 12.8 Å². The number of aliphatic hydroxyl groups excluding tert-OH is 1. The number of likely N-dealkylation sites (tertiary alicyclic amines) is 1. The molecule has 6 heteroatoms.